The molecule has 2 aromatic rings. The van der Waals surface area contributed by atoms with E-state index in [1.165, 1.54) is 17.2 Å². The second-order valence-corrected chi connectivity index (χ2v) is 5.59. The zero-order valence-corrected chi connectivity index (χ0v) is 12.6. The van der Waals surface area contributed by atoms with Crippen LogP contribution in [0.25, 0.3) is 0 Å². The van der Waals surface area contributed by atoms with E-state index in [0.717, 1.165) is 17.7 Å². The van der Waals surface area contributed by atoms with Crippen LogP contribution in [0.4, 0.5) is 4.39 Å². The third-order valence-electron chi connectivity index (χ3n) is 3.76. The van der Waals surface area contributed by atoms with Crippen LogP contribution >= 0.6 is 11.6 Å². The van der Waals surface area contributed by atoms with Crippen molar-refractivity contribution in [3.8, 4) is 0 Å². The Kier molecular flexibility index (Phi) is 4.24. The Labute approximate surface area is 128 Å². The fourth-order valence-electron chi connectivity index (χ4n) is 2.70. The first kappa shape index (κ1) is 14.5. The van der Waals surface area contributed by atoms with Gasteiger partial charge in [0.05, 0.1) is 24.3 Å². The summed E-state index contributed by atoms with van der Waals surface area (Å²) in [5, 5.41) is 3.58. The number of hydrogen-bond acceptors (Lipinski definition) is 2. The number of halogens is 2. The summed E-state index contributed by atoms with van der Waals surface area (Å²) < 4.78 is 18.8. The Morgan fingerprint density at radius 1 is 1.14 bits per heavy atom. The molecule has 2 nitrogen and oxygen atoms in total. The van der Waals surface area contributed by atoms with Gasteiger partial charge in [-0.3, -0.25) is 0 Å². The predicted molar refractivity (Wildman–Crippen MR) is 81.9 cm³/mol. The highest BCUT2D eigenvalue weighted by Crippen LogP contribution is 2.29. The number of hydrogen-bond donors (Lipinski definition) is 1. The maximum Gasteiger partial charge on any atom is 0.141 e. The molecule has 1 heterocycles. The molecule has 110 valence electrons. The summed E-state index contributed by atoms with van der Waals surface area (Å²) in [6.07, 6.45) is 0. The first-order valence-electron chi connectivity index (χ1n) is 7.07. The van der Waals surface area contributed by atoms with E-state index in [2.05, 4.69) is 30.4 Å². The molecule has 1 aliphatic heterocycles. The molecule has 21 heavy (non-hydrogen) atoms. The Morgan fingerprint density at radius 3 is 2.62 bits per heavy atom. The van der Waals surface area contributed by atoms with Crippen molar-refractivity contribution in [1.29, 1.82) is 0 Å². The molecule has 1 unspecified atom stereocenters. The fraction of sp³-hybridized carbons (Fsp3) is 0.294. The number of benzene rings is 2. The van der Waals surface area contributed by atoms with Crippen molar-refractivity contribution < 1.29 is 9.13 Å². The second kappa shape index (κ2) is 6.14. The van der Waals surface area contributed by atoms with Crippen molar-refractivity contribution in [2.24, 2.45) is 0 Å². The van der Waals surface area contributed by atoms with Crippen LogP contribution < -0.4 is 5.32 Å². The highest BCUT2D eigenvalue weighted by Gasteiger charge is 2.18. The summed E-state index contributed by atoms with van der Waals surface area (Å²) in [5.41, 5.74) is 4.57. The van der Waals surface area contributed by atoms with Crippen molar-refractivity contribution in [2.75, 3.05) is 6.54 Å². The zero-order chi connectivity index (χ0) is 14.8. The number of rotatable bonds is 4. The molecule has 0 fully saturated rings. The van der Waals surface area contributed by atoms with Gasteiger partial charge in [-0.25, -0.2) is 4.39 Å². The summed E-state index contributed by atoms with van der Waals surface area (Å²) in [5.74, 6) is -0.391. The van der Waals surface area contributed by atoms with E-state index in [0.29, 0.717) is 13.2 Å². The molecule has 1 N–H and O–H groups in total. The van der Waals surface area contributed by atoms with E-state index in [9.17, 15) is 4.39 Å². The third kappa shape index (κ3) is 2.95. The molecule has 0 spiro atoms. The van der Waals surface area contributed by atoms with E-state index >= 15 is 0 Å². The van der Waals surface area contributed by atoms with Gasteiger partial charge in [-0.05, 0) is 40.9 Å². The van der Waals surface area contributed by atoms with E-state index in [1.54, 1.807) is 12.1 Å². The molecule has 1 atom stereocenters. The van der Waals surface area contributed by atoms with E-state index < -0.39 is 5.82 Å². The second-order valence-electron chi connectivity index (χ2n) is 5.19. The largest absolute Gasteiger partial charge is 0.372 e. The van der Waals surface area contributed by atoms with Gasteiger partial charge in [0.15, 0.2) is 0 Å². The first-order chi connectivity index (χ1) is 10.2. The third-order valence-corrected chi connectivity index (χ3v) is 4.05. The molecule has 0 saturated carbocycles. The molecule has 2 aromatic carbocycles. The van der Waals surface area contributed by atoms with E-state index in [-0.39, 0.29) is 11.1 Å². The van der Waals surface area contributed by atoms with Gasteiger partial charge < -0.3 is 10.1 Å². The van der Waals surface area contributed by atoms with Crippen molar-refractivity contribution in [3.63, 3.8) is 0 Å². The minimum atomic E-state index is -0.391. The molecule has 0 amide bonds. The summed E-state index contributed by atoms with van der Waals surface area (Å²) in [6, 6.07) is 11.2. The van der Waals surface area contributed by atoms with Gasteiger partial charge in [0.1, 0.15) is 5.82 Å². The van der Waals surface area contributed by atoms with Gasteiger partial charge in [-0.15, -0.1) is 0 Å². The number of fused-ring (bicyclic) bond motifs is 1. The highest BCUT2D eigenvalue weighted by atomic mass is 35.5. The molecule has 0 bridgehead atoms. The highest BCUT2D eigenvalue weighted by molar-refractivity contribution is 6.30. The zero-order valence-electron chi connectivity index (χ0n) is 11.8. The van der Waals surface area contributed by atoms with E-state index in [1.807, 2.05) is 0 Å². The quantitative estimate of drug-likeness (QED) is 0.913. The Morgan fingerprint density at radius 2 is 1.86 bits per heavy atom. The molecule has 0 saturated heterocycles. The molecule has 0 aliphatic carbocycles. The molecule has 1 aliphatic rings. The van der Waals surface area contributed by atoms with Crippen LogP contribution in [0, 0.1) is 5.82 Å². The molecule has 0 aromatic heterocycles. The summed E-state index contributed by atoms with van der Waals surface area (Å²) in [7, 11) is 0. The van der Waals surface area contributed by atoms with Crippen LogP contribution in [0.5, 0.6) is 0 Å². The number of ether oxygens (including phenoxy) is 1. The first-order valence-corrected chi connectivity index (χ1v) is 7.44. The SMILES string of the molecule is CCNC(c1ccc(F)c(Cl)c1)c1ccc2c(c1)COC2. The van der Waals surface area contributed by atoms with Crippen LogP contribution in [-0.4, -0.2) is 6.54 Å². The summed E-state index contributed by atoms with van der Waals surface area (Å²) in [4.78, 5) is 0. The van der Waals surface area contributed by atoms with Gasteiger partial charge >= 0.3 is 0 Å². The van der Waals surface area contributed by atoms with Crippen LogP contribution in [0.3, 0.4) is 0 Å². The molecule has 3 rings (SSSR count). The van der Waals surface area contributed by atoms with E-state index in [4.69, 9.17) is 16.3 Å². The lowest BCUT2D eigenvalue weighted by molar-refractivity contribution is 0.134. The lowest BCUT2D eigenvalue weighted by atomic mass is 9.95. The standard InChI is InChI=1S/C17H17ClFNO/c1-2-20-17(12-5-6-16(19)15(18)8-12)11-3-4-13-9-21-10-14(13)7-11/h3-8,17,20H,2,9-10H2,1H3. The predicted octanol–water partition coefficient (Wildman–Crippen LogP) is 4.21. The maximum atomic E-state index is 13.4. The van der Waals surface area contributed by atoms with Gasteiger partial charge in [0.25, 0.3) is 0 Å². The summed E-state index contributed by atoms with van der Waals surface area (Å²) >= 11 is 5.92. The monoisotopic (exact) mass is 305 g/mol. The molecular formula is C17H17ClFNO. The van der Waals surface area contributed by atoms with Crippen molar-refractivity contribution in [1.82, 2.24) is 5.32 Å². The van der Waals surface area contributed by atoms with Gasteiger partial charge in [0.2, 0.25) is 0 Å². The molecular weight excluding hydrogens is 289 g/mol. The van der Waals surface area contributed by atoms with Crippen molar-refractivity contribution in [3.05, 3.63) is 69.5 Å². The van der Waals surface area contributed by atoms with Crippen LogP contribution in [0.2, 0.25) is 5.02 Å². The van der Waals surface area contributed by atoms with Crippen LogP contribution in [-0.2, 0) is 18.0 Å². The van der Waals surface area contributed by atoms with Gasteiger partial charge in [0, 0.05) is 0 Å². The van der Waals surface area contributed by atoms with Gasteiger partial charge in [-0.1, -0.05) is 42.8 Å². The average Bonchev–Trinajstić information content (AvgIpc) is 2.95. The van der Waals surface area contributed by atoms with Crippen molar-refractivity contribution >= 4 is 11.6 Å². The number of nitrogens with one attached hydrogen (secondary N) is 1. The molecule has 4 heteroatoms. The summed E-state index contributed by atoms with van der Waals surface area (Å²) in [6.45, 7) is 4.21. The Balaban J connectivity index is 1.99. The van der Waals surface area contributed by atoms with Crippen LogP contribution in [0.1, 0.15) is 35.2 Å². The molecule has 0 radical (unpaired) electrons. The van der Waals surface area contributed by atoms with Crippen LogP contribution in [0.15, 0.2) is 36.4 Å². The smallest absolute Gasteiger partial charge is 0.141 e. The minimum Gasteiger partial charge on any atom is -0.372 e. The minimum absolute atomic E-state index is 0.000926. The maximum absolute atomic E-state index is 13.4. The average molecular weight is 306 g/mol. The Hall–Kier alpha value is -1.42. The lowest BCUT2D eigenvalue weighted by Crippen LogP contribution is -2.22. The fourth-order valence-corrected chi connectivity index (χ4v) is 2.88. The lowest BCUT2D eigenvalue weighted by Gasteiger charge is -2.20. The topological polar surface area (TPSA) is 21.3 Å². The normalized spacial score (nSPS) is 15.0. The Bertz CT molecular complexity index is 659. The van der Waals surface area contributed by atoms with Gasteiger partial charge in [-0.2, -0.15) is 0 Å². The van der Waals surface area contributed by atoms with Crippen molar-refractivity contribution in [2.45, 2.75) is 26.2 Å².